The molecule has 1 N–H and O–H groups in total. The van der Waals surface area contributed by atoms with Crippen molar-refractivity contribution in [2.45, 2.75) is 51.0 Å². The van der Waals surface area contributed by atoms with E-state index < -0.39 is 0 Å². The summed E-state index contributed by atoms with van der Waals surface area (Å²) in [6.45, 7) is 0. The van der Waals surface area contributed by atoms with Crippen molar-refractivity contribution < 1.29 is 4.79 Å². The Kier molecular flexibility index (Phi) is 5.70. The minimum absolute atomic E-state index is 0.0504. The van der Waals surface area contributed by atoms with Gasteiger partial charge in [0.1, 0.15) is 0 Å². The largest absolute Gasteiger partial charge is 0.349 e. The molecule has 2 nitrogen and oxygen atoms in total. The maximum absolute atomic E-state index is 12.2. The van der Waals surface area contributed by atoms with Crippen molar-refractivity contribution in [1.82, 2.24) is 5.32 Å². The second-order valence-electron chi connectivity index (χ2n) is 4.75. The third kappa shape index (κ3) is 4.07. The second kappa shape index (κ2) is 7.06. The van der Waals surface area contributed by atoms with Gasteiger partial charge >= 0.3 is 0 Å². The van der Waals surface area contributed by atoms with E-state index in [0.29, 0.717) is 6.04 Å². The Labute approximate surface area is 129 Å². The molecule has 1 fully saturated rings. The van der Waals surface area contributed by atoms with E-state index in [-0.39, 0.29) is 5.91 Å². The number of rotatable bonds is 2. The van der Waals surface area contributed by atoms with Crippen molar-refractivity contribution >= 4 is 49.1 Å². The lowest BCUT2D eigenvalue weighted by atomic mass is 9.96. The SMILES string of the molecule is O=C(NC1CCCCCCC1)c1cc(Br)sc1Br. The van der Waals surface area contributed by atoms with E-state index >= 15 is 0 Å². The monoisotopic (exact) mass is 393 g/mol. The maximum atomic E-state index is 12.2. The summed E-state index contributed by atoms with van der Waals surface area (Å²) in [7, 11) is 0. The number of halogens is 2. The van der Waals surface area contributed by atoms with Gasteiger partial charge in [-0.2, -0.15) is 0 Å². The number of amides is 1. The van der Waals surface area contributed by atoms with Crippen LogP contribution in [-0.4, -0.2) is 11.9 Å². The van der Waals surface area contributed by atoms with Crippen LogP contribution in [0.1, 0.15) is 55.3 Å². The Morgan fingerprint density at radius 2 is 1.78 bits per heavy atom. The first-order valence-corrected chi connectivity index (χ1v) is 8.83. The van der Waals surface area contributed by atoms with Gasteiger partial charge in [0.05, 0.1) is 13.1 Å². The van der Waals surface area contributed by atoms with E-state index in [1.54, 1.807) is 0 Å². The van der Waals surface area contributed by atoms with Gasteiger partial charge in [0.15, 0.2) is 0 Å². The average Bonchev–Trinajstić information content (AvgIpc) is 2.61. The fourth-order valence-electron chi connectivity index (χ4n) is 2.36. The van der Waals surface area contributed by atoms with Gasteiger partial charge in [0.2, 0.25) is 0 Å². The average molecular weight is 395 g/mol. The van der Waals surface area contributed by atoms with Crippen LogP contribution in [0.3, 0.4) is 0 Å². The standard InChI is InChI=1S/C13H17Br2NOS/c14-11-8-10(12(15)18-11)13(17)16-9-6-4-2-1-3-5-7-9/h8-9H,1-7H2,(H,16,17). The molecule has 0 spiro atoms. The molecule has 0 radical (unpaired) electrons. The lowest BCUT2D eigenvalue weighted by molar-refractivity contribution is 0.0930. The lowest BCUT2D eigenvalue weighted by Crippen LogP contribution is -2.35. The van der Waals surface area contributed by atoms with Gasteiger partial charge in [0.25, 0.3) is 5.91 Å². The molecule has 0 aliphatic heterocycles. The molecule has 1 aliphatic rings. The summed E-state index contributed by atoms with van der Waals surface area (Å²) >= 11 is 8.39. The molecule has 0 saturated heterocycles. The summed E-state index contributed by atoms with van der Waals surface area (Å²) in [5.74, 6) is 0.0504. The molecule has 1 aliphatic carbocycles. The molecule has 1 heterocycles. The zero-order valence-electron chi connectivity index (χ0n) is 10.2. The molecule has 18 heavy (non-hydrogen) atoms. The molecule has 0 aromatic carbocycles. The molecule has 1 aromatic heterocycles. The minimum Gasteiger partial charge on any atom is -0.349 e. The van der Waals surface area contributed by atoms with Crippen molar-refractivity contribution in [3.05, 3.63) is 19.2 Å². The van der Waals surface area contributed by atoms with Gasteiger partial charge in [-0.25, -0.2) is 0 Å². The molecule has 0 bridgehead atoms. The smallest absolute Gasteiger partial charge is 0.253 e. The predicted octanol–water partition coefficient (Wildman–Crippen LogP) is 5.12. The van der Waals surface area contributed by atoms with Crippen LogP contribution in [0.25, 0.3) is 0 Å². The van der Waals surface area contributed by atoms with E-state index in [0.717, 1.165) is 26.0 Å². The van der Waals surface area contributed by atoms with Crippen molar-refractivity contribution in [1.29, 1.82) is 0 Å². The normalized spacial score (nSPS) is 18.1. The topological polar surface area (TPSA) is 29.1 Å². The quantitative estimate of drug-likeness (QED) is 0.741. The molecule has 1 saturated carbocycles. The fraction of sp³-hybridized carbons (Fsp3) is 0.615. The van der Waals surface area contributed by atoms with E-state index in [2.05, 4.69) is 37.2 Å². The van der Waals surface area contributed by atoms with Crippen LogP contribution in [0.4, 0.5) is 0 Å². The Bertz CT molecular complexity index is 411. The van der Waals surface area contributed by atoms with E-state index in [1.165, 1.54) is 43.4 Å². The molecular formula is C13H17Br2NOS. The van der Waals surface area contributed by atoms with Gasteiger partial charge in [0, 0.05) is 6.04 Å². The number of thiophene rings is 1. The predicted molar refractivity (Wildman–Crippen MR) is 83.3 cm³/mol. The van der Waals surface area contributed by atoms with Crippen LogP contribution in [0.2, 0.25) is 0 Å². The van der Waals surface area contributed by atoms with Crippen LogP contribution in [0.15, 0.2) is 13.6 Å². The third-order valence-electron chi connectivity index (χ3n) is 3.34. The van der Waals surface area contributed by atoms with Gasteiger partial charge in [-0.1, -0.05) is 32.1 Å². The zero-order valence-corrected chi connectivity index (χ0v) is 14.2. The van der Waals surface area contributed by atoms with Gasteiger partial charge < -0.3 is 5.32 Å². The van der Waals surface area contributed by atoms with Gasteiger partial charge in [-0.15, -0.1) is 11.3 Å². The Morgan fingerprint density at radius 3 is 2.33 bits per heavy atom. The Balaban J connectivity index is 1.95. The Hall–Kier alpha value is 0.130. The molecule has 1 amide bonds. The van der Waals surface area contributed by atoms with E-state index in [9.17, 15) is 4.79 Å². The highest BCUT2D eigenvalue weighted by molar-refractivity contribution is 9.12. The third-order valence-corrected chi connectivity index (χ3v) is 5.68. The molecule has 2 rings (SSSR count). The van der Waals surface area contributed by atoms with Crippen molar-refractivity contribution in [2.24, 2.45) is 0 Å². The van der Waals surface area contributed by atoms with Crippen molar-refractivity contribution in [2.75, 3.05) is 0 Å². The summed E-state index contributed by atoms with van der Waals surface area (Å²) in [5, 5.41) is 3.17. The number of hydrogen-bond acceptors (Lipinski definition) is 2. The molecule has 0 atom stereocenters. The number of nitrogens with one attached hydrogen (secondary N) is 1. The molecular weight excluding hydrogens is 378 g/mol. The van der Waals surface area contributed by atoms with Crippen LogP contribution in [-0.2, 0) is 0 Å². The number of carbonyl (C=O) groups excluding carboxylic acids is 1. The molecule has 5 heteroatoms. The van der Waals surface area contributed by atoms with Crippen molar-refractivity contribution in [3.8, 4) is 0 Å². The Morgan fingerprint density at radius 1 is 1.17 bits per heavy atom. The summed E-state index contributed by atoms with van der Waals surface area (Å²) < 4.78 is 1.88. The number of carbonyl (C=O) groups is 1. The number of hydrogen-bond donors (Lipinski definition) is 1. The first kappa shape index (κ1) is 14.5. The highest BCUT2D eigenvalue weighted by atomic mass is 79.9. The summed E-state index contributed by atoms with van der Waals surface area (Å²) in [5.41, 5.74) is 0.744. The molecule has 0 unspecified atom stereocenters. The van der Waals surface area contributed by atoms with Crippen LogP contribution in [0.5, 0.6) is 0 Å². The van der Waals surface area contributed by atoms with Crippen LogP contribution < -0.4 is 5.32 Å². The summed E-state index contributed by atoms with van der Waals surface area (Å²) in [6.07, 6.45) is 8.67. The van der Waals surface area contributed by atoms with Crippen LogP contribution >= 0.6 is 43.2 Å². The van der Waals surface area contributed by atoms with E-state index in [1.807, 2.05) is 6.07 Å². The van der Waals surface area contributed by atoms with Crippen LogP contribution in [0, 0.1) is 0 Å². The lowest BCUT2D eigenvalue weighted by Gasteiger charge is -2.20. The van der Waals surface area contributed by atoms with E-state index in [4.69, 9.17) is 0 Å². The fourth-order valence-corrected chi connectivity index (χ4v) is 5.15. The minimum atomic E-state index is 0.0504. The summed E-state index contributed by atoms with van der Waals surface area (Å²) in [4.78, 5) is 12.2. The first-order chi connectivity index (χ1) is 8.66. The molecule has 1 aromatic rings. The first-order valence-electron chi connectivity index (χ1n) is 6.42. The highest BCUT2D eigenvalue weighted by Gasteiger charge is 2.18. The zero-order chi connectivity index (χ0) is 13.0. The van der Waals surface area contributed by atoms with Crippen molar-refractivity contribution in [3.63, 3.8) is 0 Å². The highest BCUT2D eigenvalue weighted by Crippen LogP contribution is 2.32. The molecule has 100 valence electrons. The maximum Gasteiger partial charge on any atom is 0.253 e. The second-order valence-corrected chi connectivity index (χ2v) is 8.50. The van der Waals surface area contributed by atoms with Gasteiger partial charge in [-0.05, 0) is 50.8 Å². The van der Waals surface area contributed by atoms with Gasteiger partial charge in [-0.3, -0.25) is 4.79 Å². The summed E-state index contributed by atoms with van der Waals surface area (Å²) in [6, 6.07) is 2.23.